The number of sulfonamides is 1. The van der Waals surface area contributed by atoms with Crippen LogP contribution in [0.2, 0.25) is 0 Å². The number of aromatic nitrogens is 1. The van der Waals surface area contributed by atoms with Gasteiger partial charge in [-0.05, 0) is 52.4 Å². The molecule has 0 bridgehead atoms. The molecule has 0 unspecified atom stereocenters. The van der Waals surface area contributed by atoms with Crippen molar-refractivity contribution in [2.45, 2.75) is 37.6 Å². The molecule has 0 aliphatic heterocycles. The zero-order valence-electron chi connectivity index (χ0n) is 12.7. The Morgan fingerprint density at radius 1 is 1.43 bits per heavy atom. The standard InChI is InChI=1S/C14H22N4O2S/c1-12(2)18(3)10-5-4-9-17-21(19,20)14-7-6-8-16-13(14)11-15/h6-8,12,17H,4-5,9-10H2,1-3H3. The highest BCUT2D eigenvalue weighted by molar-refractivity contribution is 7.89. The van der Waals surface area contributed by atoms with Gasteiger partial charge in [0.2, 0.25) is 10.0 Å². The highest BCUT2D eigenvalue weighted by Gasteiger charge is 2.18. The van der Waals surface area contributed by atoms with Crippen LogP contribution in [0.1, 0.15) is 32.4 Å². The summed E-state index contributed by atoms with van der Waals surface area (Å²) in [6.07, 6.45) is 3.06. The van der Waals surface area contributed by atoms with Crippen molar-refractivity contribution in [1.29, 1.82) is 5.26 Å². The molecule has 6 nitrogen and oxygen atoms in total. The van der Waals surface area contributed by atoms with Gasteiger partial charge in [-0.15, -0.1) is 0 Å². The van der Waals surface area contributed by atoms with Crippen LogP contribution in [0.15, 0.2) is 23.2 Å². The van der Waals surface area contributed by atoms with Crippen LogP contribution in [0.5, 0.6) is 0 Å². The predicted molar refractivity (Wildman–Crippen MR) is 81.1 cm³/mol. The normalized spacial score (nSPS) is 11.8. The Hall–Kier alpha value is -1.49. The van der Waals surface area contributed by atoms with Crippen LogP contribution < -0.4 is 4.72 Å². The Bertz CT molecular complexity index is 593. The van der Waals surface area contributed by atoms with Crippen molar-refractivity contribution in [3.63, 3.8) is 0 Å². The molecule has 0 atom stereocenters. The van der Waals surface area contributed by atoms with Crippen molar-refractivity contribution in [1.82, 2.24) is 14.6 Å². The molecule has 116 valence electrons. The smallest absolute Gasteiger partial charge is 0.243 e. The third-order valence-electron chi connectivity index (χ3n) is 3.28. The number of hydrogen-bond donors (Lipinski definition) is 1. The zero-order valence-corrected chi connectivity index (χ0v) is 13.5. The molecule has 21 heavy (non-hydrogen) atoms. The van der Waals surface area contributed by atoms with E-state index in [2.05, 4.69) is 28.5 Å². The summed E-state index contributed by atoms with van der Waals surface area (Å²) in [6, 6.07) is 5.17. The zero-order chi connectivity index (χ0) is 15.9. The maximum Gasteiger partial charge on any atom is 0.243 e. The van der Waals surface area contributed by atoms with Crippen molar-refractivity contribution in [3.05, 3.63) is 24.0 Å². The first-order valence-electron chi connectivity index (χ1n) is 6.93. The summed E-state index contributed by atoms with van der Waals surface area (Å²) in [5.41, 5.74) is -0.0791. The van der Waals surface area contributed by atoms with Gasteiger partial charge in [-0.2, -0.15) is 5.26 Å². The number of rotatable bonds is 8. The van der Waals surface area contributed by atoms with Crippen molar-refractivity contribution >= 4 is 10.0 Å². The van der Waals surface area contributed by atoms with Crippen molar-refractivity contribution in [3.8, 4) is 6.07 Å². The second-order valence-electron chi connectivity index (χ2n) is 5.14. The molecule has 0 saturated heterocycles. The average molecular weight is 310 g/mol. The van der Waals surface area contributed by atoms with Gasteiger partial charge >= 0.3 is 0 Å². The van der Waals surface area contributed by atoms with Crippen LogP contribution in [0.3, 0.4) is 0 Å². The molecule has 0 amide bonds. The van der Waals surface area contributed by atoms with Crippen LogP contribution in [0.25, 0.3) is 0 Å². The first-order valence-corrected chi connectivity index (χ1v) is 8.42. The minimum Gasteiger partial charge on any atom is -0.304 e. The lowest BCUT2D eigenvalue weighted by Gasteiger charge is -2.20. The number of nitrogens with one attached hydrogen (secondary N) is 1. The molecule has 0 saturated carbocycles. The first kappa shape index (κ1) is 17.6. The summed E-state index contributed by atoms with van der Waals surface area (Å²) in [6.45, 7) is 5.52. The molecule has 0 aliphatic carbocycles. The molecule has 1 aromatic rings. The van der Waals surface area contributed by atoms with E-state index in [-0.39, 0.29) is 10.6 Å². The van der Waals surface area contributed by atoms with Gasteiger partial charge in [0.1, 0.15) is 11.0 Å². The third-order valence-corrected chi connectivity index (χ3v) is 4.77. The van der Waals surface area contributed by atoms with Gasteiger partial charge in [0.15, 0.2) is 5.69 Å². The van der Waals surface area contributed by atoms with Crippen LogP contribution in [-0.2, 0) is 10.0 Å². The summed E-state index contributed by atoms with van der Waals surface area (Å²) >= 11 is 0. The van der Waals surface area contributed by atoms with Gasteiger partial charge in [-0.1, -0.05) is 0 Å². The quantitative estimate of drug-likeness (QED) is 0.733. The number of nitrogens with zero attached hydrogens (tertiary/aromatic N) is 3. The van der Waals surface area contributed by atoms with Gasteiger partial charge in [0.05, 0.1) is 0 Å². The second kappa shape index (κ2) is 8.08. The van der Waals surface area contributed by atoms with E-state index in [1.807, 2.05) is 7.05 Å². The Kier molecular flexibility index (Phi) is 6.75. The van der Waals surface area contributed by atoms with E-state index in [0.717, 1.165) is 19.4 Å². The molecule has 0 radical (unpaired) electrons. The van der Waals surface area contributed by atoms with Gasteiger partial charge < -0.3 is 4.90 Å². The predicted octanol–water partition coefficient (Wildman–Crippen LogP) is 1.35. The molecule has 1 aromatic heterocycles. The maximum absolute atomic E-state index is 12.1. The molecule has 0 aromatic carbocycles. The fourth-order valence-electron chi connectivity index (χ4n) is 1.72. The average Bonchev–Trinajstić information content (AvgIpc) is 2.46. The van der Waals surface area contributed by atoms with E-state index in [4.69, 9.17) is 5.26 Å². The Morgan fingerprint density at radius 2 is 2.14 bits per heavy atom. The molecule has 0 spiro atoms. The van der Waals surface area contributed by atoms with Crippen molar-refractivity contribution in [2.24, 2.45) is 0 Å². The van der Waals surface area contributed by atoms with Gasteiger partial charge in [-0.3, -0.25) is 0 Å². The Morgan fingerprint density at radius 3 is 2.76 bits per heavy atom. The van der Waals surface area contributed by atoms with Crippen LogP contribution in [-0.4, -0.2) is 44.5 Å². The number of pyridine rings is 1. The molecular weight excluding hydrogens is 288 g/mol. The molecule has 1 N–H and O–H groups in total. The number of unbranched alkanes of at least 4 members (excludes halogenated alkanes) is 1. The lowest BCUT2D eigenvalue weighted by Crippen LogP contribution is -2.29. The largest absolute Gasteiger partial charge is 0.304 e. The van der Waals surface area contributed by atoms with Gasteiger partial charge in [0, 0.05) is 18.8 Å². The molecule has 7 heteroatoms. The van der Waals surface area contributed by atoms with Crippen molar-refractivity contribution < 1.29 is 8.42 Å². The highest BCUT2D eigenvalue weighted by Crippen LogP contribution is 2.11. The Balaban J connectivity index is 2.50. The summed E-state index contributed by atoms with van der Waals surface area (Å²) < 4.78 is 26.7. The second-order valence-corrected chi connectivity index (χ2v) is 6.88. The SMILES string of the molecule is CC(C)N(C)CCCCNS(=O)(=O)c1cccnc1C#N. The van der Waals surface area contributed by atoms with E-state index in [0.29, 0.717) is 12.6 Å². The number of nitriles is 1. The summed E-state index contributed by atoms with van der Waals surface area (Å²) in [5.74, 6) is 0. The molecule has 1 rings (SSSR count). The first-order chi connectivity index (χ1) is 9.88. The van der Waals surface area contributed by atoms with Crippen LogP contribution in [0.4, 0.5) is 0 Å². The monoisotopic (exact) mass is 310 g/mol. The highest BCUT2D eigenvalue weighted by atomic mass is 32.2. The van der Waals surface area contributed by atoms with Crippen LogP contribution in [0, 0.1) is 11.3 Å². The van der Waals surface area contributed by atoms with E-state index >= 15 is 0 Å². The fraction of sp³-hybridized carbons (Fsp3) is 0.571. The van der Waals surface area contributed by atoms with E-state index < -0.39 is 10.0 Å². The topological polar surface area (TPSA) is 86.1 Å². The van der Waals surface area contributed by atoms with Gasteiger partial charge in [-0.25, -0.2) is 18.1 Å². The lowest BCUT2D eigenvalue weighted by molar-refractivity contribution is 0.268. The molecular formula is C14H22N4O2S. The summed E-state index contributed by atoms with van der Waals surface area (Å²) in [4.78, 5) is 5.91. The van der Waals surface area contributed by atoms with Crippen LogP contribution >= 0.6 is 0 Å². The minimum atomic E-state index is -3.67. The molecule has 0 aliphatic rings. The Labute approximate surface area is 126 Å². The minimum absolute atomic E-state index is 0.0631. The van der Waals surface area contributed by atoms with E-state index in [1.165, 1.54) is 18.3 Å². The third kappa shape index (κ3) is 5.42. The van der Waals surface area contributed by atoms with E-state index in [9.17, 15) is 8.42 Å². The molecule has 0 fully saturated rings. The van der Waals surface area contributed by atoms with Gasteiger partial charge in [0.25, 0.3) is 0 Å². The molecule has 1 heterocycles. The fourth-order valence-corrected chi connectivity index (χ4v) is 2.90. The maximum atomic E-state index is 12.1. The number of hydrogen-bond acceptors (Lipinski definition) is 5. The summed E-state index contributed by atoms with van der Waals surface area (Å²) in [5, 5.41) is 8.89. The lowest BCUT2D eigenvalue weighted by atomic mass is 10.2. The van der Waals surface area contributed by atoms with E-state index in [1.54, 1.807) is 6.07 Å². The summed E-state index contributed by atoms with van der Waals surface area (Å²) in [7, 11) is -1.62. The van der Waals surface area contributed by atoms with Crippen molar-refractivity contribution in [2.75, 3.05) is 20.1 Å².